The molecule has 0 saturated carbocycles. The lowest BCUT2D eigenvalue weighted by Crippen LogP contribution is -2.03. The minimum atomic E-state index is 0.549. The predicted molar refractivity (Wildman–Crippen MR) is 96.5 cm³/mol. The quantitative estimate of drug-likeness (QED) is 0.544. The molecule has 0 atom stereocenters. The van der Waals surface area contributed by atoms with Gasteiger partial charge in [0.25, 0.3) is 0 Å². The molecule has 3 heterocycles. The van der Waals surface area contributed by atoms with Crippen molar-refractivity contribution in [2.24, 2.45) is 0 Å². The first kappa shape index (κ1) is 14.3. The molecule has 114 valence electrons. The number of aromatic amines is 1. The molecule has 0 fully saturated rings. The van der Waals surface area contributed by atoms with Crippen molar-refractivity contribution in [3.63, 3.8) is 0 Å². The number of hydrogen-bond acceptors (Lipinski definition) is 5. The number of hydrogen-bond donors (Lipinski definition) is 2. The van der Waals surface area contributed by atoms with Gasteiger partial charge in [-0.2, -0.15) is 5.10 Å². The maximum absolute atomic E-state index is 4.60. The summed E-state index contributed by atoms with van der Waals surface area (Å²) in [5.74, 6) is 2.33. The molecule has 0 aliphatic heterocycles. The normalized spacial score (nSPS) is 11.0. The molecule has 2 N–H and O–H groups in total. The standard InChI is InChI=1S/C16H12BrN5S/c17-11-4-5-12-10(8-11)3-6-14(19-12)18-9-15-20-16(22-21-15)13-2-1-7-23-13/h1-8H,9H2,(H,18,19)(H,20,21,22). The first-order valence-corrected chi connectivity index (χ1v) is 8.70. The summed E-state index contributed by atoms with van der Waals surface area (Å²) in [7, 11) is 0. The lowest BCUT2D eigenvalue weighted by atomic mass is 10.2. The first-order valence-electron chi connectivity index (χ1n) is 7.03. The molecule has 1 aromatic carbocycles. The molecule has 0 unspecified atom stereocenters. The molecular weight excluding hydrogens is 374 g/mol. The largest absolute Gasteiger partial charge is 0.363 e. The summed E-state index contributed by atoms with van der Waals surface area (Å²) in [6.45, 7) is 0.549. The summed E-state index contributed by atoms with van der Waals surface area (Å²) in [4.78, 5) is 10.1. The molecule has 0 aliphatic carbocycles. The zero-order chi connectivity index (χ0) is 15.6. The Kier molecular flexibility index (Phi) is 3.80. The van der Waals surface area contributed by atoms with E-state index in [4.69, 9.17) is 0 Å². The molecule has 4 rings (SSSR count). The summed E-state index contributed by atoms with van der Waals surface area (Å²) in [6, 6.07) is 14.0. The fraction of sp³-hybridized carbons (Fsp3) is 0.0625. The molecule has 4 aromatic rings. The van der Waals surface area contributed by atoms with Crippen molar-refractivity contribution in [3.05, 3.63) is 58.1 Å². The van der Waals surface area contributed by atoms with E-state index in [1.54, 1.807) is 11.3 Å². The van der Waals surface area contributed by atoms with Crippen LogP contribution in [-0.2, 0) is 6.54 Å². The molecule has 7 heteroatoms. The van der Waals surface area contributed by atoms with Gasteiger partial charge in [0.2, 0.25) is 0 Å². The van der Waals surface area contributed by atoms with Crippen LogP contribution in [0.4, 0.5) is 5.82 Å². The van der Waals surface area contributed by atoms with Crippen molar-refractivity contribution in [2.45, 2.75) is 6.54 Å². The minimum absolute atomic E-state index is 0.549. The van der Waals surface area contributed by atoms with Gasteiger partial charge >= 0.3 is 0 Å². The zero-order valence-electron chi connectivity index (χ0n) is 12.0. The van der Waals surface area contributed by atoms with Gasteiger partial charge in [-0.05, 0) is 41.8 Å². The van der Waals surface area contributed by atoms with Crippen LogP contribution in [0.5, 0.6) is 0 Å². The lowest BCUT2D eigenvalue weighted by molar-refractivity contribution is 0.949. The zero-order valence-corrected chi connectivity index (χ0v) is 14.4. The summed E-state index contributed by atoms with van der Waals surface area (Å²) in [6.07, 6.45) is 0. The van der Waals surface area contributed by atoms with Crippen molar-refractivity contribution in [2.75, 3.05) is 5.32 Å². The van der Waals surface area contributed by atoms with Crippen molar-refractivity contribution in [3.8, 4) is 10.7 Å². The van der Waals surface area contributed by atoms with Crippen LogP contribution >= 0.6 is 27.3 Å². The average Bonchev–Trinajstić information content (AvgIpc) is 3.24. The van der Waals surface area contributed by atoms with Gasteiger partial charge in [0.15, 0.2) is 5.82 Å². The van der Waals surface area contributed by atoms with Crippen LogP contribution in [-0.4, -0.2) is 20.2 Å². The Morgan fingerprint density at radius 1 is 1.13 bits per heavy atom. The van der Waals surface area contributed by atoms with E-state index in [0.717, 1.165) is 37.7 Å². The average molecular weight is 386 g/mol. The Balaban J connectivity index is 1.49. The fourth-order valence-corrected chi connectivity index (χ4v) is 3.30. The Morgan fingerprint density at radius 2 is 2.09 bits per heavy atom. The molecule has 0 radical (unpaired) electrons. The predicted octanol–water partition coefficient (Wildman–Crippen LogP) is 4.46. The van der Waals surface area contributed by atoms with E-state index in [2.05, 4.69) is 47.5 Å². The number of benzene rings is 1. The highest BCUT2D eigenvalue weighted by atomic mass is 79.9. The monoisotopic (exact) mass is 385 g/mol. The van der Waals surface area contributed by atoms with Crippen molar-refractivity contribution in [1.82, 2.24) is 20.2 Å². The van der Waals surface area contributed by atoms with Gasteiger partial charge in [0, 0.05) is 9.86 Å². The SMILES string of the molecule is Brc1ccc2nc(NCc3nc(-c4cccs4)n[nH]3)ccc2c1. The van der Waals surface area contributed by atoms with Gasteiger partial charge in [0.05, 0.1) is 16.9 Å². The number of H-pyrrole nitrogens is 1. The van der Waals surface area contributed by atoms with Crippen LogP contribution in [0.2, 0.25) is 0 Å². The number of pyridine rings is 1. The van der Waals surface area contributed by atoms with Crippen LogP contribution in [0.25, 0.3) is 21.6 Å². The highest BCUT2D eigenvalue weighted by molar-refractivity contribution is 9.10. The third kappa shape index (κ3) is 3.11. The van der Waals surface area contributed by atoms with Crippen molar-refractivity contribution >= 4 is 44.0 Å². The van der Waals surface area contributed by atoms with Crippen molar-refractivity contribution in [1.29, 1.82) is 0 Å². The topological polar surface area (TPSA) is 66.5 Å². The second-order valence-corrected chi connectivity index (χ2v) is 6.83. The van der Waals surface area contributed by atoms with E-state index < -0.39 is 0 Å². The van der Waals surface area contributed by atoms with Crippen LogP contribution in [0.3, 0.4) is 0 Å². The smallest absolute Gasteiger partial charge is 0.191 e. The third-order valence-corrected chi connectivity index (χ3v) is 4.72. The van der Waals surface area contributed by atoms with Gasteiger partial charge in [-0.3, -0.25) is 5.10 Å². The highest BCUT2D eigenvalue weighted by Crippen LogP contribution is 2.21. The molecule has 3 aromatic heterocycles. The first-order chi connectivity index (χ1) is 11.3. The number of thiophene rings is 1. The molecule has 0 amide bonds. The maximum atomic E-state index is 4.60. The Labute approximate surface area is 144 Å². The summed E-state index contributed by atoms with van der Waals surface area (Å²) in [5.41, 5.74) is 0.954. The third-order valence-electron chi connectivity index (χ3n) is 3.36. The minimum Gasteiger partial charge on any atom is -0.363 e. The van der Waals surface area contributed by atoms with E-state index in [9.17, 15) is 0 Å². The Bertz CT molecular complexity index is 948. The van der Waals surface area contributed by atoms with Crippen LogP contribution < -0.4 is 5.32 Å². The van der Waals surface area contributed by atoms with E-state index in [1.165, 1.54) is 0 Å². The summed E-state index contributed by atoms with van der Waals surface area (Å²) < 4.78 is 1.05. The molecule has 0 saturated heterocycles. The van der Waals surface area contributed by atoms with Gasteiger partial charge in [0.1, 0.15) is 11.6 Å². The van der Waals surface area contributed by atoms with Gasteiger partial charge in [-0.1, -0.05) is 22.0 Å². The Hall–Kier alpha value is -2.25. The van der Waals surface area contributed by atoms with Crippen LogP contribution in [0, 0.1) is 0 Å². The van der Waals surface area contributed by atoms with Gasteiger partial charge < -0.3 is 5.32 Å². The van der Waals surface area contributed by atoms with E-state index in [-0.39, 0.29) is 0 Å². The van der Waals surface area contributed by atoms with Gasteiger partial charge in [-0.25, -0.2) is 9.97 Å². The maximum Gasteiger partial charge on any atom is 0.191 e. The molecule has 0 bridgehead atoms. The molecule has 0 spiro atoms. The molecular formula is C16H12BrN5S. The van der Waals surface area contributed by atoms with Crippen LogP contribution in [0.15, 0.2) is 52.3 Å². The van der Waals surface area contributed by atoms with E-state index >= 15 is 0 Å². The number of fused-ring (bicyclic) bond motifs is 1. The van der Waals surface area contributed by atoms with Crippen LogP contribution in [0.1, 0.15) is 5.82 Å². The summed E-state index contributed by atoms with van der Waals surface area (Å²) >= 11 is 5.09. The number of aromatic nitrogens is 4. The number of nitrogens with zero attached hydrogens (tertiary/aromatic N) is 3. The Morgan fingerprint density at radius 3 is 2.96 bits per heavy atom. The lowest BCUT2D eigenvalue weighted by Gasteiger charge is -2.05. The van der Waals surface area contributed by atoms with Crippen molar-refractivity contribution < 1.29 is 0 Å². The number of rotatable bonds is 4. The van der Waals surface area contributed by atoms with Gasteiger partial charge in [-0.15, -0.1) is 11.3 Å². The van der Waals surface area contributed by atoms with E-state index in [1.807, 2.05) is 41.8 Å². The number of anilines is 1. The second kappa shape index (κ2) is 6.10. The van der Waals surface area contributed by atoms with E-state index in [0.29, 0.717) is 6.54 Å². The highest BCUT2D eigenvalue weighted by Gasteiger charge is 2.07. The number of nitrogens with one attached hydrogen (secondary N) is 2. The summed E-state index contributed by atoms with van der Waals surface area (Å²) in [5, 5.41) is 13.6. The fourth-order valence-electron chi connectivity index (χ4n) is 2.26. The molecule has 5 nitrogen and oxygen atoms in total. The molecule has 23 heavy (non-hydrogen) atoms. The second-order valence-electron chi connectivity index (χ2n) is 4.97. The molecule has 0 aliphatic rings. The number of halogens is 1.